The van der Waals surface area contributed by atoms with Crippen molar-refractivity contribution in [2.45, 2.75) is 33.2 Å². The van der Waals surface area contributed by atoms with E-state index in [4.69, 9.17) is 0 Å². The van der Waals surface area contributed by atoms with Crippen LogP contribution in [0.15, 0.2) is 35.0 Å². The lowest BCUT2D eigenvalue weighted by atomic mass is 9.98. The third-order valence-electron chi connectivity index (χ3n) is 3.51. The van der Waals surface area contributed by atoms with Crippen molar-refractivity contribution in [3.8, 4) is 0 Å². The van der Waals surface area contributed by atoms with Gasteiger partial charge in [0.15, 0.2) is 0 Å². The topological polar surface area (TPSA) is 32.3 Å². The number of anilines is 1. The highest BCUT2D eigenvalue weighted by Crippen LogP contribution is 2.27. The van der Waals surface area contributed by atoms with Crippen molar-refractivity contribution in [2.75, 3.05) is 12.4 Å². The molecule has 0 radical (unpaired) electrons. The first kappa shape index (κ1) is 15.6. The van der Waals surface area contributed by atoms with E-state index in [-0.39, 0.29) is 6.03 Å². The molecule has 1 heterocycles. The van der Waals surface area contributed by atoms with Gasteiger partial charge in [-0.3, -0.25) is 0 Å². The summed E-state index contributed by atoms with van der Waals surface area (Å²) in [5, 5.41) is 7.16. The quantitative estimate of drug-likeness (QED) is 0.860. The fourth-order valence-electron chi connectivity index (χ4n) is 2.27. The van der Waals surface area contributed by atoms with Gasteiger partial charge in [0.1, 0.15) is 0 Å². The molecule has 0 atom stereocenters. The molecule has 0 saturated heterocycles. The minimum atomic E-state index is -0.0719. The molecule has 0 aliphatic heterocycles. The summed E-state index contributed by atoms with van der Waals surface area (Å²) in [7, 11) is 1.82. The molecule has 4 heteroatoms. The van der Waals surface area contributed by atoms with Gasteiger partial charge in [-0.2, -0.15) is 11.3 Å². The monoisotopic (exact) mass is 302 g/mol. The predicted molar refractivity (Wildman–Crippen MR) is 90.1 cm³/mol. The standard InChI is InChI=1S/C17H22N2OS/c1-12(2)15-7-5-6-13(3)16(15)18-17(20)19(4)10-14-8-9-21-11-14/h5-9,11-12H,10H2,1-4H3,(H,18,20). The summed E-state index contributed by atoms with van der Waals surface area (Å²) >= 11 is 1.65. The summed E-state index contributed by atoms with van der Waals surface area (Å²) in [5.74, 6) is 0.377. The zero-order valence-electron chi connectivity index (χ0n) is 13.0. The summed E-state index contributed by atoms with van der Waals surface area (Å²) in [6, 6.07) is 8.11. The molecule has 0 aliphatic carbocycles. The second kappa shape index (κ2) is 6.76. The number of amides is 2. The van der Waals surface area contributed by atoms with Gasteiger partial charge in [-0.15, -0.1) is 0 Å². The fraction of sp³-hybridized carbons (Fsp3) is 0.353. The van der Waals surface area contributed by atoms with Gasteiger partial charge in [0.05, 0.1) is 0 Å². The van der Waals surface area contributed by atoms with Crippen LogP contribution in [-0.2, 0) is 6.54 Å². The first-order valence-electron chi connectivity index (χ1n) is 7.11. The number of carbonyl (C=O) groups is 1. The Balaban J connectivity index is 2.12. The summed E-state index contributed by atoms with van der Waals surface area (Å²) in [6.07, 6.45) is 0. The largest absolute Gasteiger partial charge is 0.323 e. The van der Waals surface area contributed by atoms with Crippen LogP contribution in [0.25, 0.3) is 0 Å². The van der Waals surface area contributed by atoms with Gasteiger partial charge in [-0.05, 0) is 46.4 Å². The number of hydrogen-bond acceptors (Lipinski definition) is 2. The number of thiophene rings is 1. The maximum Gasteiger partial charge on any atom is 0.321 e. The highest BCUT2D eigenvalue weighted by molar-refractivity contribution is 7.07. The van der Waals surface area contributed by atoms with Gasteiger partial charge >= 0.3 is 6.03 Å². The van der Waals surface area contributed by atoms with E-state index >= 15 is 0 Å². The lowest BCUT2D eigenvalue weighted by Crippen LogP contribution is -2.31. The third kappa shape index (κ3) is 3.85. The molecule has 2 rings (SSSR count). The molecule has 2 amide bonds. The van der Waals surface area contributed by atoms with Crippen LogP contribution in [0.1, 0.15) is 36.5 Å². The normalized spacial score (nSPS) is 10.7. The Morgan fingerprint density at radius 1 is 1.33 bits per heavy atom. The smallest absolute Gasteiger partial charge is 0.321 e. The number of nitrogens with zero attached hydrogens (tertiary/aromatic N) is 1. The van der Waals surface area contributed by atoms with Gasteiger partial charge in [-0.1, -0.05) is 32.0 Å². The van der Waals surface area contributed by atoms with Crippen LogP contribution in [0, 0.1) is 6.92 Å². The number of rotatable bonds is 4. The highest BCUT2D eigenvalue weighted by Gasteiger charge is 2.15. The summed E-state index contributed by atoms with van der Waals surface area (Å²) < 4.78 is 0. The first-order valence-corrected chi connectivity index (χ1v) is 8.06. The second-order valence-electron chi connectivity index (χ2n) is 5.61. The van der Waals surface area contributed by atoms with Crippen LogP contribution >= 0.6 is 11.3 Å². The zero-order valence-corrected chi connectivity index (χ0v) is 13.8. The molecule has 3 nitrogen and oxygen atoms in total. The van der Waals surface area contributed by atoms with Crippen LogP contribution in [0.4, 0.5) is 10.5 Å². The van der Waals surface area contributed by atoms with Gasteiger partial charge in [-0.25, -0.2) is 4.79 Å². The van der Waals surface area contributed by atoms with Crippen LogP contribution in [0.3, 0.4) is 0 Å². The van der Waals surface area contributed by atoms with Crippen molar-refractivity contribution >= 4 is 23.1 Å². The van der Waals surface area contributed by atoms with E-state index < -0.39 is 0 Å². The minimum absolute atomic E-state index is 0.0719. The lowest BCUT2D eigenvalue weighted by Gasteiger charge is -2.21. The first-order chi connectivity index (χ1) is 9.99. The van der Waals surface area contributed by atoms with Crippen LogP contribution in [0.2, 0.25) is 0 Å². The number of para-hydroxylation sites is 1. The SMILES string of the molecule is Cc1cccc(C(C)C)c1NC(=O)N(C)Cc1ccsc1. The number of benzene rings is 1. The molecule has 0 unspecified atom stereocenters. The number of urea groups is 1. The molecular formula is C17H22N2OS. The van der Waals surface area contributed by atoms with Crippen molar-refractivity contribution in [1.29, 1.82) is 0 Å². The van der Waals surface area contributed by atoms with Gasteiger partial charge in [0, 0.05) is 19.3 Å². The number of nitrogens with one attached hydrogen (secondary N) is 1. The molecule has 0 saturated carbocycles. The Labute approximate surface area is 130 Å². The Morgan fingerprint density at radius 2 is 2.10 bits per heavy atom. The minimum Gasteiger partial charge on any atom is -0.323 e. The molecule has 0 fully saturated rings. The fourth-order valence-corrected chi connectivity index (χ4v) is 2.93. The number of hydrogen-bond donors (Lipinski definition) is 1. The summed E-state index contributed by atoms with van der Waals surface area (Å²) in [5.41, 5.74) is 4.37. The van der Waals surface area contributed by atoms with E-state index in [1.807, 2.05) is 37.6 Å². The highest BCUT2D eigenvalue weighted by atomic mass is 32.1. The molecular weight excluding hydrogens is 280 g/mol. The average Bonchev–Trinajstić information content (AvgIpc) is 2.93. The molecule has 1 N–H and O–H groups in total. The van der Waals surface area contributed by atoms with Crippen LogP contribution in [-0.4, -0.2) is 18.0 Å². The zero-order chi connectivity index (χ0) is 15.4. The van der Waals surface area contributed by atoms with E-state index in [1.54, 1.807) is 16.2 Å². The number of aryl methyl sites for hydroxylation is 1. The maximum atomic E-state index is 12.4. The van der Waals surface area contributed by atoms with Gasteiger partial charge in [0.2, 0.25) is 0 Å². The Kier molecular flexibility index (Phi) is 5.02. The van der Waals surface area contributed by atoms with E-state index in [0.29, 0.717) is 12.5 Å². The Morgan fingerprint density at radius 3 is 2.71 bits per heavy atom. The van der Waals surface area contributed by atoms with E-state index in [9.17, 15) is 4.79 Å². The van der Waals surface area contributed by atoms with Crippen molar-refractivity contribution in [1.82, 2.24) is 4.90 Å². The van der Waals surface area contributed by atoms with Crippen molar-refractivity contribution in [3.63, 3.8) is 0 Å². The lowest BCUT2D eigenvalue weighted by molar-refractivity contribution is 0.220. The van der Waals surface area contributed by atoms with Gasteiger partial charge < -0.3 is 10.2 Å². The van der Waals surface area contributed by atoms with Crippen LogP contribution < -0.4 is 5.32 Å². The van der Waals surface area contributed by atoms with Gasteiger partial charge in [0.25, 0.3) is 0 Å². The summed E-state index contributed by atoms with van der Waals surface area (Å²) in [4.78, 5) is 14.1. The van der Waals surface area contributed by atoms with E-state index in [2.05, 4.69) is 30.6 Å². The van der Waals surface area contributed by atoms with Crippen LogP contribution in [0.5, 0.6) is 0 Å². The molecule has 1 aromatic heterocycles. The molecule has 0 bridgehead atoms. The molecule has 112 valence electrons. The third-order valence-corrected chi connectivity index (χ3v) is 4.24. The molecule has 2 aromatic rings. The molecule has 21 heavy (non-hydrogen) atoms. The van der Waals surface area contributed by atoms with Crippen molar-refractivity contribution in [2.24, 2.45) is 0 Å². The number of carbonyl (C=O) groups excluding carboxylic acids is 1. The average molecular weight is 302 g/mol. The Hall–Kier alpha value is -1.81. The van der Waals surface area contributed by atoms with Crippen molar-refractivity contribution < 1.29 is 4.79 Å². The van der Waals surface area contributed by atoms with Crippen molar-refractivity contribution in [3.05, 3.63) is 51.7 Å². The predicted octanol–water partition coefficient (Wildman–Crippen LogP) is 4.84. The van der Waals surface area contributed by atoms with E-state index in [1.165, 1.54) is 5.56 Å². The molecule has 0 aliphatic rings. The molecule has 1 aromatic carbocycles. The maximum absolute atomic E-state index is 12.4. The Bertz CT molecular complexity index is 605. The second-order valence-corrected chi connectivity index (χ2v) is 6.39. The van der Waals surface area contributed by atoms with E-state index in [0.717, 1.165) is 16.8 Å². The summed E-state index contributed by atoms with van der Waals surface area (Å²) in [6.45, 7) is 6.93. The molecule has 0 spiro atoms.